The second-order valence-corrected chi connectivity index (χ2v) is 3.52. The van der Waals surface area contributed by atoms with Crippen molar-refractivity contribution >= 4 is 37.7 Å². The minimum atomic E-state index is -0.124. The second kappa shape index (κ2) is 11.6. The molecule has 0 saturated heterocycles. The standard InChI is InChI=1S/C10H22O4.Ca.2H/c1-8(5-11)13-7-10(3)14-6-9(2)12-4;;;/h8-11H,5-7H2,1-4H3;;;/q;+2;2*-1. The zero-order valence-electron chi connectivity index (χ0n) is 12.2. The summed E-state index contributed by atoms with van der Waals surface area (Å²) in [6, 6.07) is 0. The van der Waals surface area contributed by atoms with Gasteiger partial charge in [-0.15, -0.1) is 0 Å². The van der Waals surface area contributed by atoms with Crippen LogP contribution in [-0.4, -0.2) is 88.1 Å². The minimum Gasteiger partial charge on any atom is -1.00 e. The maximum atomic E-state index is 8.72. The number of hydrogen-bond donors (Lipinski definition) is 1. The third kappa shape index (κ3) is 11.4. The largest absolute Gasteiger partial charge is 2.00 e. The van der Waals surface area contributed by atoms with Gasteiger partial charge in [-0.2, -0.15) is 0 Å². The third-order valence-electron chi connectivity index (χ3n) is 1.89. The van der Waals surface area contributed by atoms with Crippen LogP contribution in [0.1, 0.15) is 23.6 Å². The van der Waals surface area contributed by atoms with Crippen LogP contribution in [0, 0.1) is 0 Å². The first-order valence-corrected chi connectivity index (χ1v) is 4.97. The molecule has 0 aliphatic rings. The molecule has 0 spiro atoms. The third-order valence-corrected chi connectivity index (χ3v) is 1.89. The zero-order chi connectivity index (χ0) is 11.0. The molecule has 0 aliphatic carbocycles. The molecule has 0 aromatic heterocycles. The van der Waals surface area contributed by atoms with E-state index in [9.17, 15) is 0 Å². The van der Waals surface area contributed by atoms with Crippen LogP contribution in [-0.2, 0) is 14.2 Å². The fourth-order valence-electron chi connectivity index (χ4n) is 0.768. The number of aliphatic hydroxyl groups is 1. The number of aliphatic hydroxyl groups excluding tert-OH is 1. The van der Waals surface area contributed by atoms with Gasteiger partial charge in [0.1, 0.15) is 0 Å². The van der Waals surface area contributed by atoms with Crippen LogP contribution < -0.4 is 0 Å². The predicted octanol–water partition coefficient (Wildman–Crippen LogP) is 0.668. The molecule has 1 N–H and O–H groups in total. The second-order valence-electron chi connectivity index (χ2n) is 3.52. The Balaban J connectivity index is -0.000000282. The average molecular weight is 248 g/mol. The van der Waals surface area contributed by atoms with Gasteiger partial charge in [0.15, 0.2) is 0 Å². The summed E-state index contributed by atoms with van der Waals surface area (Å²) in [5.74, 6) is 0. The Morgan fingerprint density at radius 1 is 1.00 bits per heavy atom. The van der Waals surface area contributed by atoms with Crippen molar-refractivity contribution in [1.82, 2.24) is 0 Å². The van der Waals surface area contributed by atoms with Gasteiger partial charge in [-0.3, -0.25) is 0 Å². The average Bonchev–Trinajstić information content (AvgIpc) is 2.22. The van der Waals surface area contributed by atoms with E-state index in [1.165, 1.54) is 0 Å². The summed E-state index contributed by atoms with van der Waals surface area (Å²) in [4.78, 5) is 0. The molecule has 0 saturated carbocycles. The molecule has 0 aromatic rings. The van der Waals surface area contributed by atoms with Crippen molar-refractivity contribution in [2.24, 2.45) is 0 Å². The van der Waals surface area contributed by atoms with E-state index in [1.807, 2.05) is 20.8 Å². The van der Waals surface area contributed by atoms with Gasteiger partial charge in [-0.25, -0.2) is 0 Å². The van der Waals surface area contributed by atoms with Crippen molar-refractivity contribution < 1.29 is 22.2 Å². The van der Waals surface area contributed by atoms with Gasteiger partial charge in [-0.05, 0) is 20.8 Å². The summed E-state index contributed by atoms with van der Waals surface area (Å²) in [5.41, 5.74) is 0. The van der Waals surface area contributed by atoms with Crippen molar-refractivity contribution in [2.45, 2.75) is 39.1 Å². The van der Waals surface area contributed by atoms with Gasteiger partial charge >= 0.3 is 37.7 Å². The molecule has 0 aliphatic heterocycles. The summed E-state index contributed by atoms with van der Waals surface area (Å²) in [5, 5.41) is 8.72. The molecule has 15 heavy (non-hydrogen) atoms. The van der Waals surface area contributed by atoms with Crippen molar-refractivity contribution in [3.05, 3.63) is 0 Å². The molecule has 0 rings (SSSR count). The maximum absolute atomic E-state index is 8.72. The first-order chi connectivity index (χ1) is 6.60. The van der Waals surface area contributed by atoms with Gasteiger partial charge in [0, 0.05) is 7.11 Å². The molecule has 90 valence electrons. The van der Waals surface area contributed by atoms with E-state index in [4.69, 9.17) is 19.3 Å². The molecular formula is C10H24CaO4. The van der Waals surface area contributed by atoms with Crippen LogP contribution in [0.4, 0.5) is 0 Å². The van der Waals surface area contributed by atoms with E-state index in [-0.39, 0.29) is 65.5 Å². The molecule has 4 nitrogen and oxygen atoms in total. The Hall–Kier alpha value is 1.10. The van der Waals surface area contributed by atoms with Crippen LogP contribution in [0.2, 0.25) is 0 Å². The number of hydrogen-bond acceptors (Lipinski definition) is 4. The topological polar surface area (TPSA) is 47.9 Å². The number of methoxy groups -OCH3 is 1. The van der Waals surface area contributed by atoms with Crippen LogP contribution in [0.5, 0.6) is 0 Å². The zero-order valence-corrected chi connectivity index (χ0v) is 12.4. The van der Waals surface area contributed by atoms with Gasteiger partial charge in [0.05, 0.1) is 38.1 Å². The van der Waals surface area contributed by atoms with Crippen LogP contribution in [0.25, 0.3) is 0 Å². The fraction of sp³-hybridized carbons (Fsp3) is 1.00. The Labute approximate surface area is 125 Å². The van der Waals surface area contributed by atoms with Crippen LogP contribution in [0.15, 0.2) is 0 Å². The maximum Gasteiger partial charge on any atom is 2.00 e. The molecular weight excluding hydrogens is 224 g/mol. The summed E-state index contributed by atoms with van der Waals surface area (Å²) in [6.45, 7) is 6.81. The van der Waals surface area contributed by atoms with Gasteiger partial charge in [0.2, 0.25) is 0 Å². The fourth-order valence-corrected chi connectivity index (χ4v) is 0.768. The van der Waals surface area contributed by atoms with Crippen LogP contribution in [0.3, 0.4) is 0 Å². The Morgan fingerprint density at radius 2 is 1.47 bits per heavy atom. The van der Waals surface area contributed by atoms with Crippen molar-refractivity contribution in [1.29, 1.82) is 0 Å². The molecule has 0 fully saturated rings. The van der Waals surface area contributed by atoms with Gasteiger partial charge in [0.25, 0.3) is 0 Å². The van der Waals surface area contributed by atoms with Crippen LogP contribution >= 0.6 is 0 Å². The molecule has 0 aromatic carbocycles. The monoisotopic (exact) mass is 248 g/mol. The molecule has 0 radical (unpaired) electrons. The normalized spacial score (nSPS) is 16.6. The van der Waals surface area contributed by atoms with E-state index in [1.54, 1.807) is 7.11 Å². The molecule has 5 heteroatoms. The van der Waals surface area contributed by atoms with Gasteiger partial charge in [-0.1, -0.05) is 0 Å². The van der Waals surface area contributed by atoms with E-state index in [2.05, 4.69) is 0 Å². The van der Waals surface area contributed by atoms with Gasteiger partial charge < -0.3 is 22.2 Å². The molecule has 0 bridgehead atoms. The minimum absolute atomic E-state index is 0. The predicted molar refractivity (Wildman–Crippen MR) is 62.4 cm³/mol. The molecule has 0 heterocycles. The Bertz CT molecular complexity index is 129. The summed E-state index contributed by atoms with van der Waals surface area (Å²) in [6.07, 6.45) is 0.00946. The summed E-state index contributed by atoms with van der Waals surface area (Å²) in [7, 11) is 1.66. The SMILES string of the molecule is COC(C)COC(C)COC(C)CO.[Ca+2].[H-].[H-]. The number of ether oxygens (including phenoxy) is 3. The molecule has 3 unspecified atom stereocenters. The first kappa shape index (κ1) is 18.5. The number of rotatable bonds is 8. The summed E-state index contributed by atoms with van der Waals surface area (Å²) >= 11 is 0. The Kier molecular flexibility index (Phi) is 14.3. The first-order valence-electron chi connectivity index (χ1n) is 4.97. The van der Waals surface area contributed by atoms with Crippen molar-refractivity contribution in [3.63, 3.8) is 0 Å². The smallest absolute Gasteiger partial charge is 1.00 e. The molecule has 3 atom stereocenters. The van der Waals surface area contributed by atoms with E-state index < -0.39 is 0 Å². The van der Waals surface area contributed by atoms with E-state index in [0.29, 0.717) is 13.2 Å². The Morgan fingerprint density at radius 3 is 1.93 bits per heavy atom. The molecule has 0 amide bonds. The van der Waals surface area contributed by atoms with E-state index >= 15 is 0 Å². The quantitative estimate of drug-likeness (QED) is 0.641. The van der Waals surface area contributed by atoms with E-state index in [0.717, 1.165) is 0 Å². The van der Waals surface area contributed by atoms with Crippen molar-refractivity contribution in [3.8, 4) is 0 Å². The summed E-state index contributed by atoms with van der Waals surface area (Å²) < 4.78 is 15.8. The van der Waals surface area contributed by atoms with Crippen molar-refractivity contribution in [2.75, 3.05) is 26.9 Å².